The normalized spacial score (nSPS) is 14.1. The van der Waals surface area contributed by atoms with Gasteiger partial charge in [-0.15, -0.1) is 0 Å². The Bertz CT molecular complexity index is 1170. The number of esters is 1. The molecule has 3 aromatic rings. The lowest BCUT2D eigenvalue weighted by molar-refractivity contribution is -0.383. The highest BCUT2D eigenvalue weighted by Gasteiger charge is 2.32. The van der Waals surface area contributed by atoms with Crippen molar-refractivity contribution in [2.24, 2.45) is 5.92 Å². The number of H-pyrrole nitrogens is 1. The summed E-state index contributed by atoms with van der Waals surface area (Å²) in [5.74, 6) is 0.333. The van der Waals surface area contributed by atoms with Crippen LogP contribution in [0.15, 0.2) is 30.6 Å². The lowest BCUT2D eigenvalue weighted by Gasteiger charge is -2.31. The molecular formula is C21H21Cl2N7O4. The van der Waals surface area contributed by atoms with Crippen LogP contribution in [0.4, 0.5) is 23.0 Å². The van der Waals surface area contributed by atoms with Gasteiger partial charge in [0.2, 0.25) is 11.6 Å². The SMILES string of the molecule is CCOC(=O)C1CCN(c2ncnc(Nc3ccc(-c4nc(Cl)c(Cl)[nH]4)cc3)c2[N+](=O)[O-])CC1. The van der Waals surface area contributed by atoms with E-state index >= 15 is 0 Å². The fourth-order valence-corrected chi connectivity index (χ4v) is 4.03. The first-order valence-electron chi connectivity index (χ1n) is 10.6. The Kier molecular flexibility index (Phi) is 7.13. The summed E-state index contributed by atoms with van der Waals surface area (Å²) in [6, 6.07) is 7.00. The van der Waals surface area contributed by atoms with Crippen LogP contribution in [0.5, 0.6) is 0 Å². The Balaban J connectivity index is 1.53. The summed E-state index contributed by atoms with van der Waals surface area (Å²) >= 11 is 11.8. The zero-order chi connectivity index (χ0) is 24.2. The Labute approximate surface area is 204 Å². The number of imidazole rings is 1. The van der Waals surface area contributed by atoms with Crippen molar-refractivity contribution in [2.75, 3.05) is 29.9 Å². The van der Waals surface area contributed by atoms with Gasteiger partial charge < -0.3 is 19.9 Å². The van der Waals surface area contributed by atoms with Crippen LogP contribution in [-0.4, -0.2) is 50.5 Å². The van der Waals surface area contributed by atoms with Gasteiger partial charge in [-0.3, -0.25) is 14.9 Å². The van der Waals surface area contributed by atoms with Crippen molar-refractivity contribution in [3.8, 4) is 11.4 Å². The second-order valence-corrected chi connectivity index (χ2v) is 8.29. The number of aromatic amines is 1. The molecule has 178 valence electrons. The van der Waals surface area contributed by atoms with Gasteiger partial charge in [0, 0.05) is 24.3 Å². The fourth-order valence-electron chi connectivity index (χ4n) is 3.76. The maximum Gasteiger partial charge on any atom is 0.353 e. The van der Waals surface area contributed by atoms with E-state index in [0.717, 1.165) is 5.56 Å². The van der Waals surface area contributed by atoms with Gasteiger partial charge in [-0.25, -0.2) is 15.0 Å². The molecule has 2 N–H and O–H groups in total. The van der Waals surface area contributed by atoms with E-state index in [0.29, 0.717) is 44.0 Å². The average Bonchev–Trinajstić information content (AvgIpc) is 3.17. The van der Waals surface area contributed by atoms with Crippen LogP contribution in [-0.2, 0) is 9.53 Å². The van der Waals surface area contributed by atoms with Gasteiger partial charge in [-0.2, -0.15) is 0 Å². The highest BCUT2D eigenvalue weighted by atomic mass is 35.5. The summed E-state index contributed by atoms with van der Waals surface area (Å²) in [7, 11) is 0. The van der Waals surface area contributed by atoms with E-state index in [2.05, 4.69) is 25.3 Å². The lowest BCUT2D eigenvalue weighted by atomic mass is 9.97. The van der Waals surface area contributed by atoms with Gasteiger partial charge in [0.05, 0.1) is 17.4 Å². The van der Waals surface area contributed by atoms with Crippen LogP contribution in [0, 0.1) is 16.0 Å². The maximum atomic E-state index is 12.0. The van der Waals surface area contributed by atoms with Crippen LogP contribution >= 0.6 is 23.2 Å². The Hall–Kier alpha value is -3.44. The monoisotopic (exact) mass is 505 g/mol. The molecule has 0 unspecified atom stereocenters. The zero-order valence-electron chi connectivity index (χ0n) is 18.1. The third-order valence-corrected chi connectivity index (χ3v) is 6.08. The quantitative estimate of drug-likeness (QED) is 0.267. The molecule has 1 aliphatic heterocycles. The molecule has 1 saturated heterocycles. The Morgan fingerprint density at radius 3 is 2.56 bits per heavy atom. The molecule has 1 fully saturated rings. The topological polar surface area (TPSA) is 139 Å². The first-order valence-corrected chi connectivity index (χ1v) is 11.3. The van der Waals surface area contributed by atoms with Gasteiger partial charge in [-0.1, -0.05) is 23.2 Å². The fraction of sp³-hybridized carbons (Fsp3) is 0.333. The number of carbonyl (C=O) groups is 1. The van der Waals surface area contributed by atoms with E-state index < -0.39 is 4.92 Å². The summed E-state index contributed by atoms with van der Waals surface area (Å²) in [5, 5.41) is 15.4. The number of hydrogen-bond donors (Lipinski definition) is 2. The van der Waals surface area contributed by atoms with Crippen molar-refractivity contribution in [2.45, 2.75) is 19.8 Å². The van der Waals surface area contributed by atoms with Gasteiger partial charge in [0.25, 0.3) is 0 Å². The van der Waals surface area contributed by atoms with Crippen LogP contribution < -0.4 is 10.2 Å². The van der Waals surface area contributed by atoms with E-state index in [1.165, 1.54) is 6.33 Å². The number of nitrogens with one attached hydrogen (secondary N) is 2. The van der Waals surface area contributed by atoms with Gasteiger partial charge in [0.15, 0.2) is 5.15 Å². The van der Waals surface area contributed by atoms with E-state index in [4.69, 9.17) is 27.9 Å². The number of ether oxygens (including phenoxy) is 1. The predicted octanol–water partition coefficient (Wildman–Crippen LogP) is 4.60. The molecule has 0 radical (unpaired) electrons. The van der Waals surface area contributed by atoms with Gasteiger partial charge in [-0.05, 0) is 44.0 Å². The molecule has 3 heterocycles. The van der Waals surface area contributed by atoms with E-state index in [9.17, 15) is 14.9 Å². The molecule has 0 bridgehead atoms. The van der Waals surface area contributed by atoms with Gasteiger partial charge in [0.1, 0.15) is 17.3 Å². The van der Waals surface area contributed by atoms with Crippen molar-refractivity contribution in [3.05, 3.63) is 51.0 Å². The number of aromatic nitrogens is 4. The number of nitrogens with zero attached hydrogens (tertiary/aromatic N) is 5. The van der Waals surface area contributed by atoms with Crippen LogP contribution in [0.3, 0.4) is 0 Å². The number of nitro groups is 1. The molecular weight excluding hydrogens is 485 g/mol. The summed E-state index contributed by atoms with van der Waals surface area (Å²) in [6.45, 7) is 2.99. The Morgan fingerprint density at radius 1 is 1.26 bits per heavy atom. The summed E-state index contributed by atoms with van der Waals surface area (Å²) in [5.41, 5.74) is 1.09. The molecule has 4 rings (SSSR count). The average molecular weight is 506 g/mol. The third-order valence-electron chi connectivity index (χ3n) is 5.44. The Morgan fingerprint density at radius 2 is 1.97 bits per heavy atom. The van der Waals surface area contributed by atoms with Crippen LogP contribution in [0.2, 0.25) is 10.3 Å². The number of carbonyl (C=O) groups excluding carboxylic acids is 1. The molecule has 2 aromatic heterocycles. The minimum absolute atomic E-state index is 0.0688. The lowest BCUT2D eigenvalue weighted by Crippen LogP contribution is -2.37. The molecule has 1 aromatic carbocycles. The highest BCUT2D eigenvalue weighted by molar-refractivity contribution is 6.40. The summed E-state index contributed by atoms with van der Waals surface area (Å²) < 4.78 is 5.09. The standard InChI is InChI=1S/C21H21Cl2N7O4/c1-2-34-21(31)13-7-9-29(10-8-13)20-15(30(32)33)19(24-11-25-20)26-14-5-3-12(4-6-14)18-27-16(22)17(23)28-18/h3-6,11,13H,2,7-10H2,1H3,(H,27,28)(H,24,25,26). The molecule has 0 atom stereocenters. The van der Waals surface area contributed by atoms with E-state index in [1.54, 1.807) is 36.1 Å². The molecule has 34 heavy (non-hydrogen) atoms. The molecule has 0 spiro atoms. The maximum absolute atomic E-state index is 12.0. The van der Waals surface area contributed by atoms with Crippen molar-refractivity contribution in [1.29, 1.82) is 0 Å². The number of rotatable bonds is 7. The predicted molar refractivity (Wildman–Crippen MR) is 128 cm³/mol. The van der Waals surface area contributed by atoms with Crippen molar-refractivity contribution >= 4 is 52.2 Å². The van der Waals surface area contributed by atoms with Crippen LogP contribution in [0.25, 0.3) is 11.4 Å². The minimum Gasteiger partial charge on any atom is -0.466 e. The first-order chi connectivity index (χ1) is 16.4. The molecule has 0 saturated carbocycles. The highest BCUT2D eigenvalue weighted by Crippen LogP contribution is 2.36. The number of piperidine rings is 1. The zero-order valence-corrected chi connectivity index (χ0v) is 19.6. The third kappa shape index (κ3) is 5.05. The van der Waals surface area contributed by atoms with E-state index in [-0.39, 0.29) is 39.5 Å². The van der Waals surface area contributed by atoms with Crippen molar-refractivity contribution in [3.63, 3.8) is 0 Å². The second-order valence-electron chi connectivity index (χ2n) is 7.56. The van der Waals surface area contributed by atoms with Crippen molar-refractivity contribution in [1.82, 2.24) is 19.9 Å². The summed E-state index contributed by atoms with van der Waals surface area (Å²) in [6.07, 6.45) is 2.35. The van der Waals surface area contributed by atoms with E-state index in [1.807, 2.05) is 0 Å². The molecule has 0 aliphatic carbocycles. The molecule has 13 heteroatoms. The number of hydrogen-bond acceptors (Lipinski definition) is 9. The number of anilines is 3. The largest absolute Gasteiger partial charge is 0.466 e. The molecule has 1 aliphatic rings. The molecule has 11 nitrogen and oxygen atoms in total. The first kappa shape index (κ1) is 23.7. The minimum atomic E-state index is -0.504. The second kappa shape index (κ2) is 10.2. The number of halogens is 2. The summed E-state index contributed by atoms with van der Waals surface area (Å²) in [4.78, 5) is 40.5. The van der Waals surface area contributed by atoms with Gasteiger partial charge >= 0.3 is 11.7 Å². The number of benzene rings is 1. The molecule has 0 amide bonds. The van der Waals surface area contributed by atoms with Crippen molar-refractivity contribution < 1.29 is 14.5 Å². The smallest absolute Gasteiger partial charge is 0.353 e. The van der Waals surface area contributed by atoms with Crippen LogP contribution in [0.1, 0.15) is 19.8 Å².